The maximum Gasteiger partial charge on any atom is 0.412 e. The highest BCUT2D eigenvalue weighted by molar-refractivity contribution is 5.86. The lowest BCUT2D eigenvalue weighted by Gasteiger charge is -2.15. The van der Waals surface area contributed by atoms with E-state index in [2.05, 4.69) is 4.74 Å². The summed E-state index contributed by atoms with van der Waals surface area (Å²) in [6, 6.07) is 7.93. The topological polar surface area (TPSA) is 64.3 Å². The number of nitrogens with one attached hydrogen (secondary N) is 1. The molecule has 3 aromatic carbocycles. The van der Waals surface area contributed by atoms with Crippen molar-refractivity contribution < 1.29 is 44.7 Å². The number of rotatable bonds is 4. The fraction of sp³-hybridized carbons (Fsp3) is 0.0500. The summed E-state index contributed by atoms with van der Waals surface area (Å²) in [6.07, 6.45) is -1.53. The summed E-state index contributed by atoms with van der Waals surface area (Å²) in [7, 11) is 0. The number of carbonyl (C=O) groups excluding carboxylic acids is 1. The molecule has 0 unspecified atom stereocenters. The molecule has 0 aliphatic rings. The van der Waals surface area contributed by atoms with Crippen molar-refractivity contribution in [3.8, 4) is 11.1 Å². The lowest BCUT2D eigenvalue weighted by atomic mass is 10.00. The van der Waals surface area contributed by atoms with E-state index in [-0.39, 0.29) is 6.61 Å². The van der Waals surface area contributed by atoms with E-state index in [1.54, 1.807) is 18.2 Å². The molecule has 0 bridgehead atoms. The van der Waals surface area contributed by atoms with Gasteiger partial charge in [0.25, 0.3) is 0 Å². The van der Waals surface area contributed by atoms with Crippen LogP contribution in [-0.4, -0.2) is 6.09 Å². The summed E-state index contributed by atoms with van der Waals surface area (Å²) in [6.45, 7) is -0.376. The number of halogens is 8. The molecule has 0 aliphatic heterocycles. The third-order valence-electron chi connectivity index (χ3n) is 4.25. The summed E-state index contributed by atoms with van der Waals surface area (Å²) >= 11 is 0. The van der Waals surface area contributed by atoms with Crippen LogP contribution >= 0.6 is 0 Å². The Balaban J connectivity index is 2.02. The molecule has 0 atom stereocenters. The minimum Gasteiger partial charge on any atom is -0.444 e. The van der Waals surface area contributed by atoms with E-state index in [0.717, 1.165) is 0 Å². The van der Waals surface area contributed by atoms with Gasteiger partial charge in [0, 0.05) is 0 Å². The minimum absolute atomic E-state index is 0.376. The Bertz CT molecular complexity index is 1160. The summed E-state index contributed by atoms with van der Waals surface area (Å²) in [5.41, 5.74) is -2.24. The van der Waals surface area contributed by atoms with Crippen LogP contribution in [0.2, 0.25) is 0 Å². The average Bonchev–Trinajstić information content (AvgIpc) is 2.79. The molecule has 3 aromatic rings. The number of benzene rings is 3. The molecule has 0 aromatic heterocycles. The van der Waals surface area contributed by atoms with E-state index in [4.69, 9.17) is 5.73 Å². The maximum absolute atomic E-state index is 14.4. The molecule has 168 valence electrons. The fourth-order valence-corrected chi connectivity index (χ4v) is 2.69. The zero-order chi connectivity index (χ0) is 23.7. The van der Waals surface area contributed by atoms with Crippen molar-refractivity contribution in [3.05, 3.63) is 82.4 Å². The summed E-state index contributed by atoms with van der Waals surface area (Å²) in [5, 5.41) is 1.42. The number of amides is 1. The van der Waals surface area contributed by atoms with Gasteiger partial charge in [0.15, 0.2) is 46.5 Å². The van der Waals surface area contributed by atoms with Gasteiger partial charge in [0.05, 0.1) is 11.1 Å². The summed E-state index contributed by atoms with van der Waals surface area (Å²) in [4.78, 5) is 11.8. The third-order valence-corrected chi connectivity index (χ3v) is 4.25. The van der Waals surface area contributed by atoms with Crippen molar-refractivity contribution in [2.45, 2.75) is 6.61 Å². The number of hydrogen-bond donors (Lipinski definition) is 2. The summed E-state index contributed by atoms with van der Waals surface area (Å²) in [5.74, 6) is -18.7. The zero-order valence-corrected chi connectivity index (χ0v) is 15.5. The fourth-order valence-electron chi connectivity index (χ4n) is 2.69. The van der Waals surface area contributed by atoms with Gasteiger partial charge in [-0.15, -0.1) is 0 Å². The molecule has 1 amide bonds. The van der Waals surface area contributed by atoms with Gasteiger partial charge < -0.3 is 10.5 Å². The molecule has 0 saturated heterocycles. The first kappa shape index (κ1) is 22.8. The van der Waals surface area contributed by atoms with Gasteiger partial charge in [0.1, 0.15) is 18.0 Å². The van der Waals surface area contributed by atoms with Gasteiger partial charge in [-0.2, -0.15) is 0 Å². The first-order valence-electron chi connectivity index (χ1n) is 8.51. The van der Waals surface area contributed by atoms with Crippen LogP contribution in [0.25, 0.3) is 11.1 Å². The number of hydrogen-bond acceptors (Lipinski definition) is 3. The van der Waals surface area contributed by atoms with Crippen molar-refractivity contribution in [3.63, 3.8) is 0 Å². The van der Waals surface area contributed by atoms with E-state index in [1.807, 2.05) is 0 Å². The first-order chi connectivity index (χ1) is 15.1. The van der Waals surface area contributed by atoms with Crippen LogP contribution in [0.1, 0.15) is 5.56 Å². The van der Waals surface area contributed by atoms with Crippen LogP contribution < -0.4 is 11.1 Å². The second-order valence-electron chi connectivity index (χ2n) is 6.24. The Kier molecular flexibility index (Phi) is 6.23. The normalized spacial score (nSPS) is 10.9. The van der Waals surface area contributed by atoms with E-state index in [1.165, 1.54) is 17.4 Å². The smallest absolute Gasteiger partial charge is 0.412 e. The molecule has 0 spiro atoms. The van der Waals surface area contributed by atoms with E-state index >= 15 is 0 Å². The Morgan fingerprint density at radius 3 is 1.62 bits per heavy atom. The van der Waals surface area contributed by atoms with Gasteiger partial charge in [-0.05, 0) is 5.56 Å². The van der Waals surface area contributed by atoms with Crippen LogP contribution in [0.5, 0.6) is 0 Å². The standard InChI is InChI=1S/C20H10F8N2O2/c21-10-8(11(22)15(26)18(29)14(10)25)9-12(23)16(27)19(17(28)13(9)24)30-20(31)32-6-7-4-2-1-3-5-7/h1-5H,6,29H2,(H,30,31). The number of nitrogens with two attached hydrogens (primary N) is 1. The molecule has 32 heavy (non-hydrogen) atoms. The molecule has 0 aliphatic carbocycles. The van der Waals surface area contributed by atoms with Gasteiger partial charge in [-0.25, -0.2) is 39.9 Å². The molecule has 3 rings (SSSR count). The highest BCUT2D eigenvalue weighted by Crippen LogP contribution is 2.39. The molecule has 3 N–H and O–H groups in total. The summed E-state index contributed by atoms with van der Waals surface area (Å²) < 4.78 is 118. The Morgan fingerprint density at radius 2 is 1.16 bits per heavy atom. The predicted octanol–water partition coefficient (Wildman–Crippen LogP) is 5.80. The first-order valence-corrected chi connectivity index (χ1v) is 8.51. The highest BCUT2D eigenvalue weighted by atomic mass is 19.2. The lowest BCUT2D eigenvalue weighted by molar-refractivity contribution is 0.155. The molecule has 4 nitrogen and oxygen atoms in total. The number of ether oxygens (including phenoxy) is 1. The van der Waals surface area contributed by atoms with Gasteiger partial charge in [-0.3, -0.25) is 5.32 Å². The van der Waals surface area contributed by atoms with Crippen LogP contribution in [0.4, 0.5) is 51.3 Å². The quantitative estimate of drug-likeness (QED) is 0.293. The molecular formula is C20H10F8N2O2. The third kappa shape index (κ3) is 3.90. The van der Waals surface area contributed by atoms with Crippen molar-refractivity contribution in [2.75, 3.05) is 11.1 Å². The van der Waals surface area contributed by atoms with Gasteiger partial charge >= 0.3 is 6.09 Å². The van der Waals surface area contributed by atoms with Crippen LogP contribution in [-0.2, 0) is 11.3 Å². The Morgan fingerprint density at radius 1 is 0.719 bits per heavy atom. The SMILES string of the molecule is Nc1c(F)c(F)c(-c2c(F)c(F)c(NC(=O)OCc3ccccc3)c(F)c2F)c(F)c1F. The average molecular weight is 462 g/mol. The highest BCUT2D eigenvalue weighted by Gasteiger charge is 2.34. The predicted molar refractivity (Wildman–Crippen MR) is 96.2 cm³/mol. The van der Waals surface area contributed by atoms with Crippen LogP contribution in [0.3, 0.4) is 0 Å². The monoisotopic (exact) mass is 462 g/mol. The van der Waals surface area contributed by atoms with Crippen LogP contribution in [0, 0.1) is 46.5 Å². The Labute approximate surface area is 174 Å². The van der Waals surface area contributed by atoms with E-state index < -0.39 is 75.1 Å². The van der Waals surface area contributed by atoms with E-state index in [0.29, 0.717) is 5.56 Å². The molecule has 0 fully saturated rings. The lowest BCUT2D eigenvalue weighted by Crippen LogP contribution is -2.18. The molecule has 12 heteroatoms. The van der Waals surface area contributed by atoms with Gasteiger partial charge in [0.2, 0.25) is 0 Å². The van der Waals surface area contributed by atoms with Crippen molar-refractivity contribution in [1.29, 1.82) is 0 Å². The zero-order valence-electron chi connectivity index (χ0n) is 15.5. The second kappa shape index (κ2) is 8.73. The molecule has 0 saturated carbocycles. The van der Waals surface area contributed by atoms with Crippen LogP contribution in [0.15, 0.2) is 30.3 Å². The maximum atomic E-state index is 14.4. The number of anilines is 2. The largest absolute Gasteiger partial charge is 0.444 e. The Hall–Kier alpha value is -3.83. The molecular weight excluding hydrogens is 452 g/mol. The van der Waals surface area contributed by atoms with Gasteiger partial charge in [-0.1, -0.05) is 30.3 Å². The number of nitrogen functional groups attached to an aromatic ring is 1. The molecule has 0 radical (unpaired) electrons. The second-order valence-corrected chi connectivity index (χ2v) is 6.24. The minimum atomic E-state index is -2.44. The molecule has 0 heterocycles. The van der Waals surface area contributed by atoms with Crippen molar-refractivity contribution >= 4 is 17.5 Å². The number of carbonyl (C=O) groups is 1. The van der Waals surface area contributed by atoms with Crippen molar-refractivity contribution in [1.82, 2.24) is 0 Å². The van der Waals surface area contributed by atoms with E-state index in [9.17, 15) is 39.9 Å². The van der Waals surface area contributed by atoms with Crippen molar-refractivity contribution in [2.24, 2.45) is 0 Å².